The van der Waals surface area contributed by atoms with E-state index in [1.165, 1.54) is 41.0 Å². The van der Waals surface area contributed by atoms with Gasteiger partial charge in [-0.25, -0.2) is 0 Å². The molecule has 2 N–H and O–H groups in total. The SMILES string of the molecule is Cn1c(COc2ccc(C(N)=O)cc2Cl)nnc1-c1ccccc1C(F)(F)F. The summed E-state index contributed by atoms with van der Waals surface area (Å²) in [6.07, 6.45) is -4.52. The lowest BCUT2D eigenvalue weighted by atomic mass is 10.1. The van der Waals surface area contributed by atoms with E-state index < -0.39 is 17.6 Å². The second-order valence-corrected chi connectivity index (χ2v) is 6.25. The van der Waals surface area contributed by atoms with Crippen molar-refractivity contribution in [2.24, 2.45) is 12.8 Å². The third kappa shape index (κ3) is 3.94. The molecule has 0 spiro atoms. The van der Waals surface area contributed by atoms with E-state index in [1.807, 2.05) is 0 Å². The number of aromatic nitrogens is 3. The minimum absolute atomic E-state index is 0.0571. The quantitative estimate of drug-likeness (QED) is 0.693. The van der Waals surface area contributed by atoms with Crippen molar-refractivity contribution in [1.29, 1.82) is 0 Å². The van der Waals surface area contributed by atoms with Crippen molar-refractivity contribution >= 4 is 17.5 Å². The van der Waals surface area contributed by atoms with Crippen molar-refractivity contribution in [3.05, 3.63) is 64.4 Å². The Hall–Kier alpha value is -3.07. The highest BCUT2D eigenvalue weighted by atomic mass is 35.5. The standard InChI is InChI=1S/C18H14ClF3N4O2/c1-26-15(9-28-14-7-6-10(16(23)27)8-13(14)19)24-25-17(26)11-4-2-3-5-12(11)18(20,21)22/h2-8H,9H2,1H3,(H2,23,27). The topological polar surface area (TPSA) is 83.0 Å². The number of amides is 1. The molecular weight excluding hydrogens is 397 g/mol. The zero-order valence-electron chi connectivity index (χ0n) is 14.5. The van der Waals surface area contributed by atoms with Gasteiger partial charge in [-0.15, -0.1) is 10.2 Å². The summed E-state index contributed by atoms with van der Waals surface area (Å²) in [5.74, 6) is -0.00893. The molecule has 0 aliphatic heterocycles. The number of hydrogen-bond acceptors (Lipinski definition) is 4. The summed E-state index contributed by atoms with van der Waals surface area (Å²) in [5.41, 5.74) is 4.52. The fourth-order valence-corrected chi connectivity index (χ4v) is 2.80. The molecule has 0 fully saturated rings. The normalized spacial score (nSPS) is 11.5. The fraction of sp³-hybridized carbons (Fsp3) is 0.167. The minimum Gasteiger partial charge on any atom is -0.484 e. The number of rotatable bonds is 5. The minimum atomic E-state index is -4.52. The van der Waals surface area contributed by atoms with Gasteiger partial charge in [0.05, 0.1) is 10.6 Å². The van der Waals surface area contributed by atoms with Crippen LogP contribution in [-0.2, 0) is 19.8 Å². The Morgan fingerprint density at radius 1 is 1.21 bits per heavy atom. The van der Waals surface area contributed by atoms with Gasteiger partial charge in [-0.3, -0.25) is 4.79 Å². The van der Waals surface area contributed by atoms with Gasteiger partial charge < -0.3 is 15.0 Å². The first-order valence-electron chi connectivity index (χ1n) is 7.95. The Morgan fingerprint density at radius 2 is 1.93 bits per heavy atom. The number of nitrogens with two attached hydrogens (primary N) is 1. The van der Waals surface area contributed by atoms with E-state index in [0.29, 0.717) is 5.82 Å². The zero-order valence-corrected chi connectivity index (χ0v) is 15.3. The molecule has 0 aliphatic rings. The molecule has 0 aliphatic carbocycles. The molecule has 3 aromatic rings. The lowest BCUT2D eigenvalue weighted by Gasteiger charge is -2.12. The Labute approximate surface area is 162 Å². The molecule has 6 nitrogen and oxygen atoms in total. The van der Waals surface area contributed by atoms with Crippen LogP contribution in [-0.4, -0.2) is 20.7 Å². The molecule has 3 rings (SSSR count). The Bertz CT molecular complexity index is 1030. The number of primary amides is 1. The highest BCUT2D eigenvalue weighted by molar-refractivity contribution is 6.32. The van der Waals surface area contributed by atoms with Gasteiger partial charge in [0, 0.05) is 18.2 Å². The molecule has 0 saturated heterocycles. The first kappa shape index (κ1) is 19.7. The van der Waals surface area contributed by atoms with E-state index in [1.54, 1.807) is 7.05 Å². The summed E-state index contributed by atoms with van der Waals surface area (Å²) in [7, 11) is 1.54. The smallest absolute Gasteiger partial charge is 0.417 e. The molecule has 1 amide bonds. The molecule has 146 valence electrons. The van der Waals surface area contributed by atoms with E-state index in [0.717, 1.165) is 6.07 Å². The summed E-state index contributed by atoms with van der Waals surface area (Å²) in [6, 6.07) is 9.40. The maximum absolute atomic E-state index is 13.2. The van der Waals surface area contributed by atoms with Crippen LogP contribution in [0, 0.1) is 0 Å². The molecule has 0 radical (unpaired) electrons. The molecule has 0 saturated carbocycles. The molecule has 0 unspecified atom stereocenters. The average molecular weight is 411 g/mol. The molecule has 1 aromatic heterocycles. The van der Waals surface area contributed by atoms with Crippen LogP contribution in [0.5, 0.6) is 5.75 Å². The summed E-state index contributed by atoms with van der Waals surface area (Å²) >= 11 is 6.05. The van der Waals surface area contributed by atoms with Gasteiger partial charge >= 0.3 is 6.18 Å². The van der Waals surface area contributed by atoms with E-state index in [9.17, 15) is 18.0 Å². The predicted octanol–water partition coefficient (Wildman–Crippen LogP) is 3.83. The van der Waals surface area contributed by atoms with Crippen molar-refractivity contribution in [2.75, 3.05) is 0 Å². The fourth-order valence-electron chi connectivity index (χ4n) is 2.56. The number of carbonyl (C=O) groups is 1. The van der Waals surface area contributed by atoms with E-state index in [-0.39, 0.29) is 34.3 Å². The maximum atomic E-state index is 13.2. The van der Waals surface area contributed by atoms with Crippen molar-refractivity contribution in [1.82, 2.24) is 14.8 Å². The number of benzene rings is 2. The van der Waals surface area contributed by atoms with E-state index in [4.69, 9.17) is 22.1 Å². The van der Waals surface area contributed by atoms with Gasteiger partial charge in [-0.1, -0.05) is 29.8 Å². The van der Waals surface area contributed by atoms with Gasteiger partial charge in [0.25, 0.3) is 0 Å². The van der Waals surface area contributed by atoms with Crippen molar-refractivity contribution in [3.63, 3.8) is 0 Å². The van der Waals surface area contributed by atoms with E-state index in [2.05, 4.69) is 10.2 Å². The van der Waals surface area contributed by atoms with Crippen LogP contribution in [0.1, 0.15) is 21.7 Å². The second kappa shape index (κ2) is 7.51. The highest BCUT2D eigenvalue weighted by Crippen LogP contribution is 2.36. The largest absolute Gasteiger partial charge is 0.484 e. The van der Waals surface area contributed by atoms with Crippen LogP contribution in [0.25, 0.3) is 11.4 Å². The van der Waals surface area contributed by atoms with Crippen LogP contribution in [0.3, 0.4) is 0 Å². The number of nitrogens with zero attached hydrogens (tertiary/aromatic N) is 3. The molecule has 1 heterocycles. The predicted molar refractivity (Wildman–Crippen MR) is 95.7 cm³/mol. The summed E-state index contributed by atoms with van der Waals surface area (Å²) in [5, 5.41) is 7.95. The first-order chi connectivity index (χ1) is 13.2. The van der Waals surface area contributed by atoms with Crippen molar-refractivity contribution in [3.8, 4) is 17.1 Å². The summed E-state index contributed by atoms with van der Waals surface area (Å²) in [4.78, 5) is 11.1. The lowest BCUT2D eigenvalue weighted by molar-refractivity contribution is -0.137. The average Bonchev–Trinajstić information content (AvgIpc) is 3.00. The van der Waals surface area contributed by atoms with Crippen molar-refractivity contribution < 1.29 is 22.7 Å². The van der Waals surface area contributed by atoms with Gasteiger partial charge in [0.2, 0.25) is 5.91 Å². The van der Waals surface area contributed by atoms with Crippen LogP contribution in [0.2, 0.25) is 5.02 Å². The van der Waals surface area contributed by atoms with Crippen LogP contribution < -0.4 is 10.5 Å². The Morgan fingerprint density at radius 3 is 2.57 bits per heavy atom. The van der Waals surface area contributed by atoms with Gasteiger partial charge in [0.1, 0.15) is 12.4 Å². The van der Waals surface area contributed by atoms with Crippen LogP contribution >= 0.6 is 11.6 Å². The van der Waals surface area contributed by atoms with Gasteiger partial charge in [-0.2, -0.15) is 13.2 Å². The van der Waals surface area contributed by atoms with Crippen LogP contribution in [0.15, 0.2) is 42.5 Å². The zero-order chi connectivity index (χ0) is 20.5. The third-order valence-corrected chi connectivity index (χ3v) is 4.31. The van der Waals surface area contributed by atoms with Gasteiger partial charge in [-0.05, 0) is 24.3 Å². The molecule has 0 bridgehead atoms. The summed E-state index contributed by atoms with van der Waals surface area (Å²) < 4.78 is 46.7. The molecule has 28 heavy (non-hydrogen) atoms. The highest BCUT2D eigenvalue weighted by Gasteiger charge is 2.34. The first-order valence-corrected chi connectivity index (χ1v) is 8.33. The second-order valence-electron chi connectivity index (χ2n) is 5.84. The summed E-state index contributed by atoms with van der Waals surface area (Å²) in [6.45, 7) is -0.0900. The number of alkyl halides is 3. The molecular formula is C18H14ClF3N4O2. The van der Waals surface area contributed by atoms with Gasteiger partial charge in [0.15, 0.2) is 11.6 Å². The molecule has 2 aromatic carbocycles. The monoisotopic (exact) mass is 410 g/mol. The molecule has 10 heteroatoms. The Balaban J connectivity index is 1.85. The van der Waals surface area contributed by atoms with Crippen LogP contribution in [0.4, 0.5) is 13.2 Å². The number of halogens is 4. The molecule has 0 atom stereocenters. The Kier molecular flexibility index (Phi) is 5.28. The number of hydrogen-bond donors (Lipinski definition) is 1. The third-order valence-electron chi connectivity index (χ3n) is 4.01. The van der Waals surface area contributed by atoms with E-state index >= 15 is 0 Å². The maximum Gasteiger partial charge on any atom is 0.417 e. The number of ether oxygens (including phenoxy) is 1. The number of carbonyl (C=O) groups excluding carboxylic acids is 1. The van der Waals surface area contributed by atoms with Crippen molar-refractivity contribution in [2.45, 2.75) is 12.8 Å². The lowest BCUT2D eigenvalue weighted by Crippen LogP contribution is -2.11.